The van der Waals surface area contributed by atoms with Gasteiger partial charge in [-0.3, -0.25) is 0 Å². The largest absolute Gasteiger partial charge is 0.493 e. The number of hydrogen-bond donors (Lipinski definition) is 0. The second kappa shape index (κ2) is 3.57. The van der Waals surface area contributed by atoms with Crippen molar-refractivity contribution in [2.75, 3.05) is 7.11 Å². The maximum atomic E-state index is 13.3. The number of hydrogen-bond acceptors (Lipinski definition) is 1. The highest BCUT2D eigenvalue weighted by Crippen LogP contribution is 2.25. The van der Waals surface area contributed by atoms with Gasteiger partial charge < -0.3 is 4.74 Å². The van der Waals surface area contributed by atoms with E-state index in [1.165, 1.54) is 7.11 Å². The van der Waals surface area contributed by atoms with Gasteiger partial charge in [0.1, 0.15) is 0 Å². The highest BCUT2D eigenvalue weighted by molar-refractivity contribution is 5.38. The van der Waals surface area contributed by atoms with Crippen molar-refractivity contribution in [2.45, 2.75) is 20.3 Å². The van der Waals surface area contributed by atoms with Gasteiger partial charge in [0.15, 0.2) is 11.6 Å². The molecule has 1 aromatic rings. The van der Waals surface area contributed by atoms with Crippen LogP contribution in [-0.4, -0.2) is 7.11 Å². The summed E-state index contributed by atoms with van der Waals surface area (Å²) in [6, 6.07) is 3.67. The Morgan fingerprint density at radius 2 is 2.08 bits per heavy atom. The zero-order chi connectivity index (χ0) is 9.14. The lowest BCUT2D eigenvalue weighted by Crippen LogP contribution is -1.96. The molecule has 1 rings (SSSR count). The van der Waals surface area contributed by atoms with E-state index in [-0.39, 0.29) is 5.82 Å². The zero-order valence-corrected chi connectivity index (χ0v) is 7.65. The van der Waals surface area contributed by atoms with Crippen LogP contribution < -0.4 is 4.74 Å². The molecule has 0 aliphatic rings. The monoisotopic (exact) mass is 168 g/mol. The van der Waals surface area contributed by atoms with Crippen LogP contribution in [0.15, 0.2) is 12.1 Å². The highest BCUT2D eigenvalue weighted by atomic mass is 19.1. The number of methoxy groups -OCH3 is 1. The Kier molecular flexibility index (Phi) is 2.69. The molecule has 0 unspecified atom stereocenters. The summed E-state index contributed by atoms with van der Waals surface area (Å²) in [4.78, 5) is 0. The van der Waals surface area contributed by atoms with Crippen LogP contribution in [0.25, 0.3) is 0 Å². The van der Waals surface area contributed by atoms with Gasteiger partial charge >= 0.3 is 0 Å². The van der Waals surface area contributed by atoms with E-state index < -0.39 is 0 Å². The zero-order valence-electron chi connectivity index (χ0n) is 7.65. The van der Waals surface area contributed by atoms with Crippen LogP contribution in [0.5, 0.6) is 5.75 Å². The Morgan fingerprint density at radius 1 is 1.42 bits per heavy atom. The van der Waals surface area contributed by atoms with Gasteiger partial charge in [-0.05, 0) is 24.5 Å². The first kappa shape index (κ1) is 9.04. The molecular formula is C10H13FO. The fourth-order valence-corrected chi connectivity index (χ4v) is 1.19. The summed E-state index contributed by atoms with van der Waals surface area (Å²) in [5.41, 5.74) is 1.55. The molecule has 0 saturated carbocycles. The molecule has 0 N–H and O–H groups in total. The van der Waals surface area contributed by atoms with Crippen LogP contribution in [-0.2, 0) is 6.42 Å². The molecule has 0 fully saturated rings. The van der Waals surface area contributed by atoms with Crippen molar-refractivity contribution in [1.82, 2.24) is 0 Å². The molecule has 0 heterocycles. The lowest BCUT2D eigenvalue weighted by Gasteiger charge is -2.08. The average Bonchev–Trinajstić information content (AvgIpc) is 2.09. The van der Waals surface area contributed by atoms with Gasteiger partial charge in [0.2, 0.25) is 0 Å². The standard InChI is InChI=1S/C10H13FO/c1-4-8-6-5-7(2)9(11)10(8)12-3/h5-6H,4H2,1-3H3. The van der Waals surface area contributed by atoms with Crippen LogP contribution in [0.2, 0.25) is 0 Å². The molecule has 0 radical (unpaired) electrons. The summed E-state index contributed by atoms with van der Waals surface area (Å²) in [6.07, 6.45) is 0.792. The summed E-state index contributed by atoms with van der Waals surface area (Å²) in [7, 11) is 1.50. The second-order valence-electron chi connectivity index (χ2n) is 2.74. The molecule has 0 saturated heterocycles. The number of benzene rings is 1. The van der Waals surface area contributed by atoms with E-state index in [1.807, 2.05) is 13.0 Å². The van der Waals surface area contributed by atoms with E-state index in [4.69, 9.17) is 4.74 Å². The Morgan fingerprint density at radius 3 is 2.58 bits per heavy atom. The Labute approximate surface area is 72.2 Å². The topological polar surface area (TPSA) is 9.23 Å². The molecule has 0 spiro atoms. The highest BCUT2D eigenvalue weighted by Gasteiger charge is 2.09. The fourth-order valence-electron chi connectivity index (χ4n) is 1.19. The predicted octanol–water partition coefficient (Wildman–Crippen LogP) is 2.71. The number of aryl methyl sites for hydroxylation is 2. The maximum absolute atomic E-state index is 13.3. The van der Waals surface area contributed by atoms with Crippen molar-refractivity contribution in [3.8, 4) is 5.75 Å². The molecule has 0 aliphatic heterocycles. The van der Waals surface area contributed by atoms with Gasteiger partial charge in [-0.15, -0.1) is 0 Å². The van der Waals surface area contributed by atoms with Crippen LogP contribution in [0, 0.1) is 12.7 Å². The molecule has 1 aromatic carbocycles. The minimum atomic E-state index is -0.239. The van der Waals surface area contributed by atoms with Gasteiger partial charge in [0.05, 0.1) is 7.11 Å². The summed E-state index contributed by atoms with van der Waals surface area (Å²) in [5, 5.41) is 0. The summed E-state index contributed by atoms with van der Waals surface area (Å²) in [5.74, 6) is 0.148. The maximum Gasteiger partial charge on any atom is 0.168 e. The molecule has 0 aromatic heterocycles. The van der Waals surface area contributed by atoms with Crippen molar-refractivity contribution >= 4 is 0 Å². The summed E-state index contributed by atoms with van der Waals surface area (Å²) in [6.45, 7) is 3.71. The third-order valence-corrected chi connectivity index (χ3v) is 1.96. The van der Waals surface area contributed by atoms with E-state index in [2.05, 4.69) is 0 Å². The van der Waals surface area contributed by atoms with Gasteiger partial charge in [0, 0.05) is 0 Å². The third kappa shape index (κ3) is 1.42. The van der Waals surface area contributed by atoms with Crippen molar-refractivity contribution in [2.24, 2.45) is 0 Å². The fraction of sp³-hybridized carbons (Fsp3) is 0.400. The molecule has 2 heteroatoms. The minimum absolute atomic E-state index is 0.239. The lowest BCUT2D eigenvalue weighted by atomic mass is 10.1. The molecule has 0 atom stereocenters. The van der Waals surface area contributed by atoms with E-state index in [9.17, 15) is 4.39 Å². The first-order chi connectivity index (χ1) is 5.70. The van der Waals surface area contributed by atoms with Crippen LogP contribution >= 0.6 is 0 Å². The van der Waals surface area contributed by atoms with Crippen LogP contribution in [0.1, 0.15) is 18.1 Å². The molecule has 66 valence electrons. The first-order valence-electron chi connectivity index (χ1n) is 4.02. The molecule has 0 bridgehead atoms. The quantitative estimate of drug-likeness (QED) is 0.659. The van der Waals surface area contributed by atoms with Crippen molar-refractivity contribution in [1.29, 1.82) is 0 Å². The SMILES string of the molecule is CCc1ccc(C)c(F)c1OC. The number of ether oxygens (including phenoxy) is 1. The van der Waals surface area contributed by atoms with E-state index >= 15 is 0 Å². The van der Waals surface area contributed by atoms with Crippen molar-refractivity contribution in [3.05, 3.63) is 29.1 Å². The molecule has 0 aliphatic carbocycles. The third-order valence-electron chi connectivity index (χ3n) is 1.96. The molecular weight excluding hydrogens is 155 g/mol. The number of rotatable bonds is 2. The number of halogens is 1. The molecule has 12 heavy (non-hydrogen) atoms. The summed E-state index contributed by atoms with van der Waals surface area (Å²) < 4.78 is 18.3. The van der Waals surface area contributed by atoms with Crippen molar-refractivity contribution < 1.29 is 9.13 Å². The molecule has 0 amide bonds. The average molecular weight is 168 g/mol. The Hall–Kier alpha value is -1.05. The minimum Gasteiger partial charge on any atom is -0.493 e. The van der Waals surface area contributed by atoms with Gasteiger partial charge in [0.25, 0.3) is 0 Å². The smallest absolute Gasteiger partial charge is 0.168 e. The van der Waals surface area contributed by atoms with E-state index in [0.717, 1.165) is 12.0 Å². The van der Waals surface area contributed by atoms with Crippen LogP contribution in [0.4, 0.5) is 4.39 Å². The summed E-state index contributed by atoms with van der Waals surface area (Å²) >= 11 is 0. The predicted molar refractivity (Wildman–Crippen MR) is 47.1 cm³/mol. The van der Waals surface area contributed by atoms with Gasteiger partial charge in [-0.25, -0.2) is 4.39 Å². The first-order valence-corrected chi connectivity index (χ1v) is 4.02. The lowest BCUT2D eigenvalue weighted by molar-refractivity contribution is 0.380. The Balaban J connectivity index is 3.25. The van der Waals surface area contributed by atoms with Gasteiger partial charge in [-0.1, -0.05) is 19.1 Å². The van der Waals surface area contributed by atoms with Crippen LogP contribution in [0.3, 0.4) is 0 Å². The Bertz CT molecular complexity index is 281. The normalized spacial score (nSPS) is 10.0. The molecule has 1 nitrogen and oxygen atoms in total. The van der Waals surface area contributed by atoms with E-state index in [1.54, 1.807) is 13.0 Å². The second-order valence-corrected chi connectivity index (χ2v) is 2.74. The van der Waals surface area contributed by atoms with Crippen molar-refractivity contribution in [3.63, 3.8) is 0 Å². The van der Waals surface area contributed by atoms with Gasteiger partial charge in [-0.2, -0.15) is 0 Å². The van der Waals surface area contributed by atoms with E-state index in [0.29, 0.717) is 11.3 Å².